The SMILES string of the molecule is Oc1ccc2ccccc2c1/C=N/c1ncccc1OCc1ccccc1. The van der Waals surface area contributed by atoms with Gasteiger partial charge in [0.1, 0.15) is 12.4 Å². The number of benzene rings is 3. The molecule has 0 fully saturated rings. The minimum Gasteiger partial charge on any atom is -0.507 e. The summed E-state index contributed by atoms with van der Waals surface area (Å²) in [4.78, 5) is 8.79. The topological polar surface area (TPSA) is 54.7 Å². The number of aromatic nitrogens is 1. The summed E-state index contributed by atoms with van der Waals surface area (Å²) in [5.41, 5.74) is 1.73. The van der Waals surface area contributed by atoms with Crippen molar-refractivity contribution in [3.63, 3.8) is 0 Å². The Hall–Kier alpha value is -3.66. The molecule has 0 saturated carbocycles. The standard InChI is InChI=1S/C23H18N2O2/c26-21-13-12-18-9-4-5-10-19(18)20(21)15-25-23-22(11-6-14-24-23)27-16-17-7-2-1-3-8-17/h1-15,26H,16H2/b25-15+. The Morgan fingerprint density at radius 2 is 1.70 bits per heavy atom. The molecule has 4 heteroatoms. The molecule has 0 amide bonds. The molecule has 0 aliphatic rings. The second-order valence-corrected chi connectivity index (χ2v) is 6.08. The van der Waals surface area contributed by atoms with Crippen molar-refractivity contribution in [1.82, 2.24) is 4.98 Å². The zero-order valence-electron chi connectivity index (χ0n) is 14.6. The third-order valence-corrected chi connectivity index (χ3v) is 4.25. The summed E-state index contributed by atoms with van der Waals surface area (Å²) in [6, 6.07) is 25.0. The molecule has 132 valence electrons. The fourth-order valence-corrected chi connectivity index (χ4v) is 2.87. The predicted octanol–water partition coefficient (Wildman–Crippen LogP) is 5.27. The number of pyridine rings is 1. The summed E-state index contributed by atoms with van der Waals surface area (Å²) in [6.07, 6.45) is 3.31. The van der Waals surface area contributed by atoms with E-state index < -0.39 is 0 Å². The quantitative estimate of drug-likeness (QED) is 0.497. The monoisotopic (exact) mass is 354 g/mol. The molecular formula is C23H18N2O2. The Balaban J connectivity index is 1.63. The first-order chi connectivity index (χ1) is 13.3. The molecule has 0 saturated heterocycles. The highest BCUT2D eigenvalue weighted by molar-refractivity contribution is 6.03. The van der Waals surface area contributed by atoms with Crippen LogP contribution in [-0.4, -0.2) is 16.3 Å². The summed E-state index contributed by atoms with van der Waals surface area (Å²) < 4.78 is 5.89. The molecule has 0 bridgehead atoms. The Kier molecular flexibility index (Phi) is 4.79. The van der Waals surface area contributed by atoms with Crippen LogP contribution in [0.25, 0.3) is 10.8 Å². The lowest BCUT2D eigenvalue weighted by molar-refractivity contribution is 0.306. The van der Waals surface area contributed by atoms with Gasteiger partial charge in [0.2, 0.25) is 0 Å². The first-order valence-electron chi connectivity index (χ1n) is 8.68. The van der Waals surface area contributed by atoms with Gasteiger partial charge in [0.15, 0.2) is 11.6 Å². The van der Waals surface area contributed by atoms with Crippen molar-refractivity contribution in [3.8, 4) is 11.5 Å². The van der Waals surface area contributed by atoms with Crippen molar-refractivity contribution in [2.24, 2.45) is 4.99 Å². The van der Waals surface area contributed by atoms with E-state index in [-0.39, 0.29) is 5.75 Å². The van der Waals surface area contributed by atoms with E-state index in [1.54, 1.807) is 18.5 Å². The molecule has 0 unspecified atom stereocenters. The molecule has 0 atom stereocenters. The molecule has 4 nitrogen and oxygen atoms in total. The number of hydrogen-bond acceptors (Lipinski definition) is 4. The maximum absolute atomic E-state index is 10.3. The van der Waals surface area contributed by atoms with Gasteiger partial charge in [-0.2, -0.15) is 0 Å². The average Bonchev–Trinajstić information content (AvgIpc) is 2.73. The molecule has 1 heterocycles. The number of phenols is 1. The summed E-state index contributed by atoms with van der Waals surface area (Å²) >= 11 is 0. The fraction of sp³-hybridized carbons (Fsp3) is 0.0435. The van der Waals surface area contributed by atoms with Crippen LogP contribution in [-0.2, 0) is 6.61 Å². The van der Waals surface area contributed by atoms with Crippen LogP contribution in [0.2, 0.25) is 0 Å². The number of fused-ring (bicyclic) bond motifs is 1. The highest BCUT2D eigenvalue weighted by atomic mass is 16.5. The first-order valence-corrected chi connectivity index (χ1v) is 8.68. The van der Waals surface area contributed by atoms with Gasteiger partial charge in [0.25, 0.3) is 0 Å². The van der Waals surface area contributed by atoms with Crippen LogP contribution in [0.5, 0.6) is 11.5 Å². The van der Waals surface area contributed by atoms with E-state index in [9.17, 15) is 5.11 Å². The van der Waals surface area contributed by atoms with Gasteiger partial charge < -0.3 is 9.84 Å². The van der Waals surface area contributed by atoms with Crippen molar-refractivity contribution >= 4 is 22.8 Å². The summed E-state index contributed by atoms with van der Waals surface area (Å²) in [6.45, 7) is 0.439. The van der Waals surface area contributed by atoms with Gasteiger partial charge in [-0.15, -0.1) is 0 Å². The van der Waals surface area contributed by atoms with Gasteiger partial charge in [0, 0.05) is 18.0 Å². The highest BCUT2D eigenvalue weighted by Gasteiger charge is 2.07. The average molecular weight is 354 g/mol. The Labute approximate surface area is 157 Å². The maximum Gasteiger partial charge on any atom is 0.194 e. The molecule has 4 aromatic rings. The van der Waals surface area contributed by atoms with Crippen LogP contribution in [0.3, 0.4) is 0 Å². The zero-order valence-corrected chi connectivity index (χ0v) is 14.6. The van der Waals surface area contributed by atoms with E-state index in [1.807, 2.05) is 72.8 Å². The van der Waals surface area contributed by atoms with Gasteiger partial charge in [-0.1, -0.05) is 60.7 Å². The van der Waals surface area contributed by atoms with E-state index >= 15 is 0 Å². The van der Waals surface area contributed by atoms with E-state index in [0.717, 1.165) is 16.3 Å². The third kappa shape index (κ3) is 3.80. The largest absolute Gasteiger partial charge is 0.507 e. The fourth-order valence-electron chi connectivity index (χ4n) is 2.87. The molecule has 0 radical (unpaired) electrons. The molecule has 3 aromatic carbocycles. The van der Waals surface area contributed by atoms with Gasteiger partial charge in [0.05, 0.1) is 0 Å². The van der Waals surface area contributed by atoms with Crippen LogP contribution in [0.4, 0.5) is 5.82 Å². The Morgan fingerprint density at radius 3 is 2.59 bits per heavy atom. The smallest absolute Gasteiger partial charge is 0.194 e. The molecule has 0 aliphatic carbocycles. The second kappa shape index (κ2) is 7.70. The molecule has 0 spiro atoms. The van der Waals surface area contributed by atoms with Crippen LogP contribution >= 0.6 is 0 Å². The third-order valence-electron chi connectivity index (χ3n) is 4.25. The summed E-state index contributed by atoms with van der Waals surface area (Å²) in [5.74, 6) is 1.25. The van der Waals surface area contributed by atoms with Gasteiger partial charge in [-0.05, 0) is 34.5 Å². The van der Waals surface area contributed by atoms with Gasteiger partial charge in [-0.3, -0.25) is 0 Å². The van der Waals surface area contributed by atoms with Gasteiger partial charge >= 0.3 is 0 Å². The van der Waals surface area contributed by atoms with E-state index in [2.05, 4.69) is 9.98 Å². The van der Waals surface area contributed by atoms with Crippen molar-refractivity contribution in [3.05, 3.63) is 96.2 Å². The van der Waals surface area contributed by atoms with Crippen LogP contribution < -0.4 is 4.74 Å². The van der Waals surface area contributed by atoms with Crippen molar-refractivity contribution in [2.75, 3.05) is 0 Å². The maximum atomic E-state index is 10.3. The number of hydrogen-bond donors (Lipinski definition) is 1. The molecule has 1 aromatic heterocycles. The molecule has 1 N–H and O–H groups in total. The van der Waals surface area contributed by atoms with Crippen molar-refractivity contribution in [1.29, 1.82) is 0 Å². The highest BCUT2D eigenvalue weighted by Crippen LogP contribution is 2.28. The number of aromatic hydroxyl groups is 1. The van der Waals surface area contributed by atoms with E-state index in [1.165, 1.54) is 0 Å². The lowest BCUT2D eigenvalue weighted by Gasteiger charge is -2.08. The molecular weight excluding hydrogens is 336 g/mol. The Bertz CT molecular complexity index is 1090. The van der Waals surface area contributed by atoms with E-state index in [0.29, 0.717) is 23.7 Å². The normalized spacial score (nSPS) is 11.1. The minimum atomic E-state index is 0.181. The Morgan fingerprint density at radius 1 is 0.889 bits per heavy atom. The van der Waals surface area contributed by atoms with E-state index in [4.69, 9.17) is 4.74 Å². The number of aliphatic imine (C=N–C) groups is 1. The minimum absolute atomic E-state index is 0.181. The molecule has 4 rings (SSSR count). The lowest BCUT2D eigenvalue weighted by Crippen LogP contribution is -1.96. The summed E-state index contributed by atoms with van der Waals surface area (Å²) in [7, 11) is 0. The number of rotatable bonds is 5. The molecule has 0 aliphatic heterocycles. The zero-order chi connectivity index (χ0) is 18.5. The van der Waals surface area contributed by atoms with Crippen LogP contribution in [0.15, 0.2) is 90.1 Å². The lowest BCUT2D eigenvalue weighted by atomic mass is 10.0. The van der Waals surface area contributed by atoms with Gasteiger partial charge in [-0.25, -0.2) is 9.98 Å². The van der Waals surface area contributed by atoms with Crippen molar-refractivity contribution < 1.29 is 9.84 Å². The van der Waals surface area contributed by atoms with Crippen molar-refractivity contribution in [2.45, 2.75) is 6.61 Å². The second-order valence-electron chi connectivity index (χ2n) is 6.08. The molecule has 27 heavy (non-hydrogen) atoms. The number of ether oxygens (including phenoxy) is 1. The predicted molar refractivity (Wildman–Crippen MR) is 108 cm³/mol. The first kappa shape index (κ1) is 16.8. The number of nitrogens with zero attached hydrogens (tertiary/aromatic N) is 2. The van der Waals surface area contributed by atoms with Crippen LogP contribution in [0, 0.1) is 0 Å². The number of phenolic OH excluding ortho intramolecular Hbond substituents is 1. The summed E-state index contributed by atoms with van der Waals surface area (Å²) in [5, 5.41) is 12.2. The van der Waals surface area contributed by atoms with Crippen LogP contribution in [0.1, 0.15) is 11.1 Å².